The third kappa shape index (κ3) is 9.59. The number of hydrogen-bond donors (Lipinski definition) is 4. The van der Waals surface area contributed by atoms with Gasteiger partial charge in [0.1, 0.15) is 5.82 Å². The molecule has 3 heterocycles. The van der Waals surface area contributed by atoms with Crippen molar-refractivity contribution in [2.45, 2.75) is 6.54 Å². The van der Waals surface area contributed by atoms with Gasteiger partial charge in [0.25, 0.3) is 0 Å². The van der Waals surface area contributed by atoms with Gasteiger partial charge in [0, 0.05) is 18.0 Å². The van der Waals surface area contributed by atoms with Gasteiger partial charge in [0.2, 0.25) is 10.9 Å². The van der Waals surface area contributed by atoms with E-state index in [0.29, 0.717) is 17.9 Å². The zero-order chi connectivity index (χ0) is 26.7. The Hall–Kier alpha value is 0.689. The fraction of sp³-hybridized carbons (Fsp3) is 0.0400. The van der Waals surface area contributed by atoms with Crippen LogP contribution in [-0.2, 0) is 22.0 Å². The molecule has 0 aliphatic carbocycles. The number of aromatic nitrogens is 4. The van der Waals surface area contributed by atoms with E-state index in [1.165, 1.54) is 12.3 Å². The Morgan fingerprint density at radius 2 is 1.59 bits per heavy atom. The van der Waals surface area contributed by atoms with Crippen molar-refractivity contribution < 1.29 is 22.8 Å². The van der Waals surface area contributed by atoms with E-state index in [1.54, 1.807) is 6.20 Å². The number of nitrogens with one attached hydrogen (secondary N) is 1. The van der Waals surface area contributed by atoms with Gasteiger partial charge in [0.15, 0.2) is 5.82 Å². The molecular weight excluding hydrogens is 645 g/mol. The molecule has 3 aromatic heterocycles. The molecule has 3 N–H and O–H groups in total. The maximum absolute atomic E-state index is 11.8. The zero-order valence-electron chi connectivity index (χ0n) is 19.6. The zero-order valence-corrected chi connectivity index (χ0v) is 21.4. The molecule has 0 fully saturated rings. The van der Waals surface area contributed by atoms with Crippen molar-refractivity contribution in [1.82, 2.24) is 19.9 Å². The van der Waals surface area contributed by atoms with Crippen molar-refractivity contribution in [3.05, 3.63) is 97.1 Å². The van der Waals surface area contributed by atoms with Crippen molar-refractivity contribution in [1.29, 1.82) is 0 Å². The number of nitrogens with zero attached hydrogens (tertiary/aromatic N) is 5. The van der Waals surface area contributed by atoms with E-state index in [4.69, 9.17) is 4.98 Å². The molecule has 198 valence electrons. The number of hydrogen-bond acceptors (Lipinski definition) is 8. The summed E-state index contributed by atoms with van der Waals surface area (Å²) >= 11 is 0. The summed E-state index contributed by atoms with van der Waals surface area (Å²) in [5.41, 5.74) is 3.23. The first-order valence-electron chi connectivity index (χ1n) is 11.3. The topological polar surface area (TPSA) is 158 Å². The molecule has 16 heteroatoms. The van der Waals surface area contributed by atoms with Gasteiger partial charge >= 0.3 is 162 Å². The van der Waals surface area contributed by atoms with Crippen LogP contribution in [-0.4, -0.2) is 192 Å². The molecule has 0 saturated heterocycles. The summed E-state index contributed by atoms with van der Waals surface area (Å²) in [4.78, 5) is 36.8. The molecular formula is C25H24K3N6O5PS. The Balaban J connectivity index is 0.00000196. The van der Waals surface area contributed by atoms with Crippen molar-refractivity contribution in [3.63, 3.8) is 0 Å². The van der Waals surface area contributed by atoms with Crippen molar-refractivity contribution in [2.75, 3.05) is 9.39 Å². The van der Waals surface area contributed by atoms with Gasteiger partial charge in [-0.15, -0.1) is 0 Å². The number of anilines is 2. The number of fused-ring (bicyclic) bond motifs is 1. The number of thiol groups is 1. The van der Waals surface area contributed by atoms with Crippen LogP contribution in [0.1, 0.15) is 5.69 Å². The van der Waals surface area contributed by atoms with E-state index in [2.05, 4.69) is 20.3 Å². The SMILES string of the molecule is O=[SH](=O)N(c1cncc(-c2nc(NCc3ccccn3)c3c(-c4ccccc4)cccc3n2)c1)P(=O)(O)O.[KH].[KH].[KH]. The van der Waals surface area contributed by atoms with Crippen LogP contribution in [0.3, 0.4) is 0 Å². The Kier molecular flexibility index (Phi) is 16.1. The molecule has 0 bridgehead atoms. The summed E-state index contributed by atoms with van der Waals surface area (Å²) in [5.74, 6) is 0.689. The molecule has 0 atom stereocenters. The van der Waals surface area contributed by atoms with E-state index in [-0.39, 0.29) is 175 Å². The summed E-state index contributed by atoms with van der Waals surface area (Å²) in [7, 11) is -8.80. The van der Waals surface area contributed by atoms with E-state index >= 15 is 0 Å². The fourth-order valence-corrected chi connectivity index (χ4v) is 5.44. The number of benzene rings is 2. The van der Waals surface area contributed by atoms with Crippen LogP contribution in [0.4, 0.5) is 11.5 Å². The molecule has 2 aromatic carbocycles. The molecule has 0 amide bonds. The quantitative estimate of drug-likeness (QED) is 0.109. The normalized spacial score (nSPS) is 10.7. The van der Waals surface area contributed by atoms with Gasteiger partial charge in [-0.2, -0.15) is 4.08 Å². The van der Waals surface area contributed by atoms with E-state index < -0.39 is 18.6 Å². The summed E-state index contributed by atoms with van der Waals surface area (Å²) in [6, 6.07) is 22.3. The summed E-state index contributed by atoms with van der Waals surface area (Å²) in [6.45, 7) is 0.371. The van der Waals surface area contributed by atoms with Crippen LogP contribution < -0.4 is 9.39 Å². The maximum atomic E-state index is 11.8. The fourth-order valence-electron chi connectivity index (χ4n) is 3.97. The molecule has 11 nitrogen and oxygen atoms in total. The molecule has 5 rings (SSSR count). The second-order valence-corrected chi connectivity index (χ2v) is 10.7. The molecule has 0 radical (unpaired) electrons. The molecule has 0 spiro atoms. The van der Waals surface area contributed by atoms with Gasteiger partial charge < -0.3 is 15.1 Å². The van der Waals surface area contributed by atoms with Gasteiger partial charge in [-0.25, -0.2) is 23.0 Å². The third-order valence-corrected chi connectivity index (χ3v) is 7.99. The molecule has 5 aromatic rings. The van der Waals surface area contributed by atoms with Gasteiger partial charge in [-0.1, -0.05) is 48.5 Å². The minimum atomic E-state index is -5.16. The molecule has 0 aliphatic heterocycles. The first kappa shape index (κ1) is 37.9. The van der Waals surface area contributed by atoms with Crippen LogP contribution >= 0.6 is 7.75 Å². The summed E-state index contributed by atoms with van der Waals surface area (Å²) in [5, 5.41) is 4.10. The van der Waals surface area contributed by atoms with Crippen molar-refractivity contribution in [2.24, 2.45) is 0 Å². The average molecular weight is 669 g/mol. The Bertz CT molecular complexity index is 1740. The van der Waals surface area contributed by atoms with Crippen molar-refractivity contribution in [3.8, 4) is 22.5 Å². The van der Waals surface area contributed by atoms with Crippen LogP contribution in [0.2, 0.25) is 0 Å². The molecule has 0 aliphatic rings. The second kappa shape index (κ2) is 17.4. The van der Waals surface area contributed by atoms with Gasteiger partial charge in [0.05, 0.1) is 35.0 Å². The van der Waals surface area contributed by atoms with Crippen molar-refractivity contribution >= 4 is 195 Å². The van der Waals surface area contributed by atoms with Crippen LogP contribution in [0.25, 0.3) is 33.4 Å². The van der Waals surface area contributed by atoms with Gasteiger partial charge in [-0.05, 0) is 35.4 Å². The number of rotatable bonds is 8. The van der Waals surface area contributed by atoms with Crippen LogP contribution in [0.15, 0.2) is 91.4 Å². The first-order valence-corrected chi connectivity index (χ1v) is 14.0. The predicted molar refractivity (Wildman–Crippen MR) is 166 cm³/mol. The summed E-state index contributed by atoms with van der Waals surface area (Å²) in [6.07, 6.45) is 4.13. The van der Waals surface area contributed by atoms with Crippen LogP contribution in [0, 0.1) is 0 Å². The predicted octanol–water partition coefficient (Wildman–Crippen LogP) is 1.85. The Morgan fingerprint density at radius 1 is 0.854 bits per heavy atom. The second-order valence-electron chi connectivity index (χ2n) is 8.11. The Labute approximate surface area is 366 Å². The Morgan fingerprint density at radius 3 is 2.24 bits per heavy atom. The van der Waals surface area contributed by atoms with E-state index in [1.807, 2.05) is 66.7 Å². The van der Waals surface area contributed by atoms with E-state index in [9.17, 15) is 22.8 Å². The van der Waals surface area contributed by atoms with Crippen LogP contribution in [0.5, 0.6) is 0 Å². The monoisotopic (exact) mass is 668 g/mol. The minimum absolute atomic E-state index is 0. The average Bonchev–Trinajstić information content (AvgIpc) is 2.91. The molecule has 0 unspecified atom stereocenters. The molecule has 41 heavy (non-hydrogen) atoms. The number of pyridine rings is 2. The standard InChI is InChI=1S/C25H21N6O5PS.3K.3H/c32-37(33,34)31(38(35)36)20-13-18(14-26-16-20)24-29-22-11-6-10-21(17-7-2-1-3-8-17)23(22)25(30-24)28-15-19-9-4-5-12-27-19;;;;;;/h1-14,16,38H,15H2,(H,28,29,30)(H2,32,33,34);;;;;;. The van der Waals surface area contributed by atoms with Gasteiger partial charge in [-0.3, -0.25) is 9.97 Å². The first-order chi connectivity index (χ1) is 18.3. The van der Waals surface area contributed by atoms with E-state index in [0.717, 1.165) is 28.4 Å². The molecule has 0 saturated carbocycles. The third-order valence-electron chi connectivity index (χ3n) is 5.59. The summed E-state index contributed by atoms with van der Waals surface area (Å²) < 4.78 is 35.0.